The molecule has 0 saturated carbocycles. The van der Waals surface area contributed by atoms with Crippen molar-refractivity contribution in [2.75, 3.05) is 5.75 Å². The Balaban J connectivity index is 1.66. The number of rotatable bonds is 4. The molecular formula is C26H30N4S. The molecule has 3 atom stereocenters. The van der Waals surface area contributed by atoms with E-state index in [1.807, 2.05) is 24.0 Å². The molecule has 2 aliphatic heterocycles. The third-order valence-corrected chi connectivity index (χ3v) is 8.06. The molecule has 3 aromatic rings. The standard InChI is InChI=1S/C26H30N4S/c1-6-20-15-31-26-28-24(22-11-7-8-13-27-22)25(30(20)26)21-14-17(3)29(19(21)5)23-12-9-10-16(2)18(23)4/h7-14,20,24-25H,6,15H2,1-5H3/t20-,24+,25+/m1/s1. The highest BCUT2D eigenvalue weighted by Gasteiger charge is 2.46. The molecule has 1 saturated heterocycles. The number of fused-ring (bicyclic) bond motifs is 1. The van der Waals surface area contributed by atoms with Crippen molar-refractivity contribution in [3.8, 4) is 5.69 Å². The van der Waals surface area contributed by atoms with Crippen molar-refractivity contribution in [2.24, 2.45) is 4.99 Å². The van der Waals surface area contributed by atoms with E-state index in [0.717, 1.165) is 17.9 Å². The van der Waals surface area contributed by atoms with E-state index in [4.69, 9.17) is 9.98 Å². The van der Waals surface area contributed by atoms with Crippen molar-refractivity contribution in [2.45, 2.75) is 59.2 Å². The molecule has 1 aromatic carbocycles. The molecule has 0 unspecified atom stereocenters. The van der Waals surface area contributed by atoms with E-state index in [1.165, 1.54) is 38.9 Å². The Kier molecular flexibility index (Phi) is 5.17. The molecule has 160 valence electrons. The molecule has 2 aliphatic rings. The molecule has 5 heteroatoms. The molecule has 0 N–H and O–H groups in total. The van der Waals surface area contributed by atoms with Gasteiger partial charge in [0.05, 0.1) is 11.7 Å². The van der Waals surface area contributed by atoms with Crippen LogP contribution in [0.15, 0.2) is 53.7 Å². The van der Waals surface area contributed by atoms with Crippen LogP contribution >= 0.6 is 11.8 Å². The predicted octanol–water partition coefficient (Wildman–Crippen LogP) is 6.09. The maximum Gasteiger partial charge on any atom is 0.160 e. The fourth-order valence-electron chi connectivity index (χ4n) is 5.12. The SMILES string of the molecule is CC[C@@H]1CSC2=N[C@@H](c3ccccn3)[C@H](c3cc(C)n(-c4cccc(C)c4C)c3C)N21. The highest BCUT2D eigenvalue weighted by molar-refractivity contribution is 8.14. The molecule has 31 heavy (non-hydrogen) atoms. The van der Waals surface area contributed by atoms with Crippen LogP contribution < -0.4 is 0 Å². The van der Waals surface area contributed by atoms with Crippen LogP contribution in [0.25, 0.3) is 5.69 Å². The molecular weight excluding hydrogens is 400 g/mol. The lowest BCUT2D eigenvalue weighted by Gasteiger charge is -2.32. The summed E-state index contributed by atoms with van der Waals surface area (Å²) in [5.74, 6) is 1.12. The van der Waals surface area contributed by atoms with Crippen LogP contribution in [0.4, 0.5) is 0 Å². The van der Waals surface area contributed by atoms with E-state index in [2.05, 4.69) is 80.5 Å². The number of aryl methyl sites for hydroxylation is 2. The van der Waals surface area contributed by atoms with Crippen molar-refractivity contribution >= 4 is 16.9 Å². The van der Waals surface area contributed by atoms with Crippen LogP contribution in [0.2, 0.25) is 0 Å². The number of amidine groups is 1. The van der Waals surface area contributed by atoms with E-state index in [0.29, 0.717) is 6.04 Å². The zero-order valence-electron chi connectivity index (χ0n) is 19.0. The summed E-state index contributed by atoms with van der Waals surface area (Å²) in [7, 11) is 0. The van der Waals surface area contributed by atoms with Crippen LogP contribution in [0.5, 0.6) is 0 Å². The third-order valence-electron chi connectivity index (χ3n) is 6.94. The van der Waals surface area contributed by atoms with Crippen LogP contribution in [0.3, 0.4) is 0 Å². The van der Waals surface area contributed by atoms with Crippen molar-refractivity contribution < 1.29 is 0 Å². The Hall–Kier alpha value is -2.53. The first kappa shape index (κ1) is 20.4. The number of nitrogens with zero attached hydrogens (tertiary/aromatic N) is 4. The summed E-state index contributed by atoms with van der Waals surface area (Å²) < 4.78 is 2.43. The van der Waals surface area contributed by atoms with Gasteiger partial charge < -0.3 is 9.47 Å². The molecule has 4 heterocycles. The van der Waals surface area contributed by atoms with E-state index in [-0.39, 0.29) is 12.1 Å². The number of hydrogen-bond donors (Lipinski definition) is 0. The van der Waals surface area contributed by atoms with E-state index in [9.17, 15) is 0 Å². The summed E-state index contributed by atoms with van der Waals surface area (Å²) in [5, 5.41) is 1.18. The number of aromatic nitrogens is 2. The maximum absolute atomic E-state index is 5.19. The lowest BCUT2D eigenvalue weighted by Crippen LogP contribution is -2.35. The number of pyridine rings is 1. The van der Waals surface area contributed by atoms with E-state index >= 15 is 0 Å². The second-order valence-electron chi connectivity index (χ2n) is 8.72. The number of thioether (sulfide) groups is 1. The summed E-state index contributed by atoms with van der Waals surface area (Å²) in [5.41, 5.74) is 8.94. The monoisotopic (exact) mass is 430 g/mol. The van der Waals surface area contributed by atoms with Crippen LogP contribution in [-0.4, -0.2) is 31.4 Å². The molecule has 2 aromatic heterocycles. The van der Waals surface area contributed by atoms with Gasteiger partial charge in [0, 0.05) is 35.1 Å². The van der Waals surface area contributed by atoms with Gasteiger partial charge in [-0.25, -0.2) is 0 Å². The average Bonchev–Trinajstić information content (AvgIpc) is 3.42. The van der Waals surface area contributed by atoms with Gasteiger partial charge in [-0.05, 0) is 75.1 Å². The quantitative estimate of drug-likeness (QED) is 0.502. The van der Waals surface area contributed by atoms with Crippen LogP contribution in [-0.2, 0) is 0 Å². The zero-order chi connectivity index (χ0) is 21.7. The molecule has 0 aliphatic carbocycles. The van der Waals surface area contributed by atoms with Gasteiger partial charge in [-0.3, -0.25) is 9.98 Å². The highest BCUT2D eigenvalue weighted by Crippen LogP contribution is 2.49. The lowest BCUT2D eigenvalue weighted by molar-refractivity contribution is 0.254. The highest BCUT2D eigenvalue weighted by atomic mass is 32.2. The minimum Gasteiger partial charge on any atom is -0.338 e. The van der Waals surface area contributed by atoms with Crippen molar-refractivity contribution in [1.82, 2.24) is 14.5 Å². The van der Waals surface area contributed by atoms with Crippen LogP contribution in [0, 0.1) is 27.7 Å². The topological polar surface area (TPSA) is 33.4 Å². The van der Waals surface area contributed by atoms with Gasteiger partial charge in [-0.1, -0.05) is 36.9 Å². The predicted molar refractivity (Wildman–Crippen MR) is 130 cm³/mol. The Morgan fingerprint density at radius 2 is 1.90 bits per heavy atom. The van der Waals surface area contributed by atoms with Gasteiger partial charge in [0.15, 0.2) is 5.17 Å². The Bertz CT molecular complexity index is 1150. The van der Waals surface area contributed by atoms with Gasteiger partial charge in [0.1, 0.15) is 6.04 Å². The zero-order valence-corrected chi connectivity index (χ0v) is 19.8. The van der Waals surface area contributed by atoms with Crippen molar-refractivity contribution in [3.05, 3.63) is 82.4 Å². The number of hydrogen-bond acceptors (Lipinski definition) is 4. The minimum absolute atomic E-state index is 0.0330. The van der Waals surface area contributed by atoms with Gasteiger partial charge in [0.25, 0.3) is 0 Å². The molecule has 0 radical (unpaired) electrons. The van der Waals surface area contributed by atoms with Crippen molar-refractivity contribution in [3.63, 3.8) is 0 Å². The van der Waals surface area contributed by atoms with Crippen LogP contribution in [0.1, 0.15) is 59.2 Å². The van der Waals surface area contributed by atoms with Crippen molar-refractivity contribution in [1.29, 1.82) is 0 Å². The minimum atomic E-state index is 0.0330. The largest absolute Gasteiger partial charge is 0.338 e. The summed E-state index contributed by atoms with van der Waals surface area (Å²) in [6.07, 6.45) is 3.02. The van der Waals surface area contributed by atoms with Gasteiger partial charge in [-0.2, -0.15) is 0 Å². The Morgan fingerprint density at radius 1 is 1.06 bits per heavy atom. The van der Waals surface area contributed by atoms with Gasteiger partial charge in [0.2, 0.25) is 0 Å². The lowest BCUT2D eigenvalue weighted by atomic mass is 9.95. The van der Waals surface area contributed by atoms with E-state index in [1.54, 1.807) is 0 Å². The molecule has 0 bridgehead atoms. The Labute approximate surface area is 189 Å². The van der Waals surface area contributed by atoms with Gasteiger partial charge >= 0.3 is 0 Å². The third kappa shape index (κ3) is 3.21. The molecule has 4 nitrogen and oxygen atoms in total. The summed E-state index contributed by atoms with van der Waals surface area (Å²) in [6.45, 7) is 11.2. The first-order valence-electron chi connectivity index (χ1n) is 11.2. The number of aliphatic imine (C=N–C) groups is 1. The second kappa shape index (κ2) is 7.86. The van der Waals surface area contributed by atoms with Gasteiger partial charge in [-0.15, -0.1) is 0 Å². The fraction of sp³-hybridized carbons (Fsp3) is 0.385. The first-order chi connectivity index (χ1) is 15.0. The summed E-state index contributed by atoms with van der Waals surface area (Å²) >= 11 is 1.90. The maximum atomic E-state index is 5.19. The smallest absolute Gasteiger partial charge is 0.160 e. The first-order valence-corrected chi connectivity index (χ1v) is 12.1. The fourth-order valence-corrected chi connectivity index (χ4v) is 6.46. The second-order valence-corrected chi connectivity index (χ2v) is 9.70. The molecule has 1 fully saturated rings. The van der Waals surface area contributed by atoms with E-state index < -0.39 is 0 Å². The molecule has 5 rings (SSSR count). The molecule has 0 spiro atoms. The summed E-state index contributed by atoms with van der Waals surface area (Å²) in [6, 6.07) is 15.9. The Morgan fingerprint density at radius 3 is 2.65 bits per heavy atom. The number of benzene rings is 1. The normalized spacial score (nSPS) is 22.7. The molecule has 0 amide bonds. The average molecular weight is 431 g/mol. The summed E-state index contributed by atoms with van der Waals surface area (Å²) in [4.78, 5) is 12.5.